The van der Waals surface area contributed by atoms with Crippen molar-refractivity contribution in [1.82, 2.24) is 9.80 Å². The summed E-state index contributed by atoms with van der Waals surface area (Å²) in [6, 6.07) is 5.52. The van der Waals surface area contributed by atoms with E-state index in [0.29, 0.717) is 17.2 Å². The molecule has 1 amide bonds. The number of methoxy groups -OCH3 is 1. The molecule has 0 spiro atoms. The average Bonchev–Trinajstić information content (AvgIpc) is 2.54. The number of carbonyl (C=O) groups excluding carboxylic acids is 1. The van der Waals surface area contributed by atoms with Crippen LogP contribution in [0.3, 0.4) is 0 Å². The largest absolute Gasteiger partial charge is 0.497 e. The molecular weight excluding hydrogens is 356 g/mol. The molecule has 0 aromatic heterocycles. The highest BCUT2D eigenvalue weighted by molar-refractivity contribution is 9.10. The minimum Gasteiger partial charge on any atom is -0.497 e. The van der Waals surface area contributed by atoms with Crippen LogP contribution in [0.2, 0.25) is 0 Å². The number of likely N-dealkylation sites (N-methyl/N-ethyl adjacent to an activating group) is 1. The van der Waals surface area contributed by atoms with Gasteiger partial charge in [0, 0.05) is 24.1 Å². The van der Waals surface area contributed by atoms with Crippen LogP contribution in [-0.4, -0.2) is 55.5 Å². The molecular formula is C18H29BrN2O2. The van der Waals surface area contributed by atoms with Crippen LogP contribution in [-0.2, 0) is 0 Å². The van der Waals surface area contributed by atoms with Crippen molar-refractivity contribution in [1.29, 1.82) is 0 Å². The number of ether oxygens (including phenoxy) is 1. The molecule has 0 aliphatic rings. The van der Waals surface area contributed by atoms with Gasteiger partial charge < -0.3 is 14.5 Å². The number of hydrogen-bond donors (Lipinski definition) is 0. The van der Waals surface area contributed by atoms with Gasteiger partial charge in [0.25, 0.3) is 5.91 Å². The third kappa shape index (κ3) is 6.15. The quantitative estimate of drug-likeness (QED) is 0.647. The molecule has 1 aromatic rings. The van der Waals surface area contributed by atoms with Crippen molar-refractivity contribution in [3.8, 4) is 5.75 Å². The van der Waals surface area contributed by atoms with Gasteiger partial charge in [-0.05, 0) is 53.1 Å². The number of rotatable bonds is 9. The lowest BCUT2D eigenvalue weighted by Gasteiger charge is -2.28. The molecule has 0 atom stereocenters. The molecule has 1 aromatic carbocycles. The van der Waals surface area contributed by atoms with Crippen molar-refractivity contribution in [2.45, 2.75) is 27.7 Å². The number of hydrogen-bond acceptors (Lipinski definition) is 3. The second kappa shape index (κ2) is 9.93. The minimum absolute atomic E-state index is 0.0524. The number of nitrogens with zero attached hydrogens (tertiary/aromatic N) is 2. The molecule has 0 heterocycles. The Labute approximate surface area is 148 Å². The van der Waals surface area contributed by atoms with E-state index >= 15 is 0 Å². The molecule has 130 valence electrons. The van der Waals surface area contributed by atoms with E-state index in [1.54, 1.807) is 13.2 Å². The number of carbonyl (C=O) groups is 1. The highest BCUT2D eigenvalue weighted by atomic mass is 79.9. The standard InChI is InChI=1S/C18H29BrN2O2/c1-6-20(7-2)10-11-21(13-14(3)4)18(22)16-12-15(23-5)8-9-17(16)19/h8-9,12,14H,6-7,10-11,13H2,1-5H3. The lowest BCUT2D eigenvalue weighted by atomic mass is 10.1. The molecule has 0 saturated carbocycles. The second-order valence-electron chi connectivity index (χ2n) is 6.02. The summed E-state index contributed by atoms with van der Waals surface area (Å²) >= 11 is 3.49. The smallest absolute Gasteiger partial charge is 0.255 e. The Morgan fingerprint density at radius 3 is 2.39 bits per heavy atom. The molecule has 23 heavy (non-hydrogen) atoms. The van der Waals surface area contributed by atoms with Crippen molar-refractivity contribution in [3.05, 3.63) is 28.2 Å². The van der Waals surface area contributed by atoms with E-state index in [4.69, 9.17) is 4.74 Å². The minimum atomic E-state index is 0.0524. The molecule has 1 rings (SSSR count). The first-order valence-corrected chi connectivity index (χ1v) is 9.07. The maximum absolute atomic E-state index is 13.0. The first-order chi connectivity index (χ1) is 10.9. The van der Waals surface area contributed by atoms with Gasteiger partial charge in [0.15, 0.2) is 0 Å². The van der Waals surface area contributed by atoms with Crippen LogP contribution in [0, 0.1) is 5.92 Å². The summed E-state index contributed by atoms with van der Waals surface area (Å²) in [6.07, 6.45) is 0. The van der Waals surface area contributed by atoms with Crippen molar-refractivity contribution >= 4 is 21.8 Å². The predicted octanol–water partition coefficient (Wildman–Crippen LogP) is 3.90. The van der Waals surface area contributed by atoms with Crippen LogP contribution >= 0.6 is 15.9 Å². The molecule has 0 aliphatic heterocycles. The van der Waals surface area contributed by atoms with Gasteiger partial charge in [0.2, 0.25) is 0 Å². The van der Waals surface area contributed by atoms with E-state index < -0.39 is 0 Å². The lowest BCUT2D eigenvalue weighted by molar-refractivity contribution is 0.0715. The Morgan fingerprint density at radius 2 is 1.87 bits per heavy atom. The van der Waals surface area contributed by atoms with Crippen LogP contribution in [0.4, 0.5) is 0 Å². The first-order valence-electron chi connectivity index (χ1n) is 8.28. The van der Waals surface area contributed by atoms with Crippen molar-refractivity contribution in [2.24, 2.45) is 5.92 Å². The molecule has 0 N–H and O–H groups in total. The summed E-state index contributed by atoms with van der Waals surface area (Å²) in [4.78, 5) is 17.3. The zero-order valence-electron chi connectivity index (χ0n) is 14.9. The summed E-state index contributed by atoms with van der Waals surface area (Å²) in [5, 5.41) is 0. The average molecular weight is 385 g/mol. The van der Waals surface area contributed by atoms with Gasteiger partial charge in [0.05, 0.1) is 12.7 Å². The monoisotopic (exact) mass is 384 g/mol. The fourth-order valence-corrected chi connectivity index (χ4v) is 2.90. The van der Waals surface area contributed by atoms with E-state index in [9.17, 15) is 4.79 Å². The lowest BCUT2D eigenvalue weighted by Crippen LogP contribution is -2.40. The molecule has 4 nitrogen and oxygen atoms in total. The summed E-state index contributed by atoms with van der Waals surface area (Å²) in [6.45, 7) is 13.0. The van der Waals surface area contributed by atoms with E-state index in [-0.39, 0.29) is 5.91 Å². The Bertz CT molecular complexity index is 502. The third-order valence-corrected chi connectivity index (χ3v) is 4.55. The summed E-state index contributed by atoms with van der Waals surface area (Å²) in [5.41, 5.74) is 0.657. The van der Waals surface area contributed by atoms with Crippen LogP contribution in [0.5, 0.6) is 5.75 Å². The van der Waals surface area contributed by atoms with Gasteiger partial charge in [-0.3, -0.25) is 4.79 Å². The number of halogens is 1. The van der Waals surface area contributed by atoms with E-state index in [2.05, 4.69) is 48.5 Å². The maximum Gasteiger partial charge on any atom is 0.255 e. The fourth-order valence-electron chi connectivity index (χ4n) is 2.48. The zero-order valence-corrected chi connectivity index (χ0v) is 16.5. The van der Waals surface area contributed by atoms with Gasteiger partial charge in [-0.25, -0.2) is 0 Å². The fraction of sp³-hybridized carbons (Fsp3) is 0.611. The molecule has 5 heteroatoms. The predicted molar refractivity (Wildman–Crippen MR) is 99.2 cm³/mol. The van der Waals surface area contributed by atoms with Crippen molar-refractivity contribution in [3.63, 3.8) is 0 Å². The Hall–Kier alpha value is -1.07. The van der Waals surface area contributed by atoms with Crippen molar-refractivity contribution in [2.75, 3.05) is 39.8 Å². The van der Waals surface area contributed by atoms with Crippen LogP contribution < -0.4 is 4.74 Å². The van der Waals surface area contributed by atoms with Crippen molar-refractivity contribution < 1.29 is 9.53 Å². The van der Waals surface area contributed by atoms with E-state index in [0.717, 1.165) is 37.2 Å². The van der Waals surface area contributed by atoms with E-state index in [1.807, 2.05) is 17.0 Å². The molecule has 0 aliphatic carbocycles. The molecule has 0 fully saturated rings. The Balaban J connectivity index is 2.94. The first kappa shape index (κ1) is 20.0. The van der Waals surface area contributed by atoms with Crippen LogP contribution in [0.25, 0.3) is 0 Å². The van der Waals surface area contributed by atoms with Gasteiger partial charge in [0.1, 0.15) is 5.75 Å². The summed E-state index contributed by atoms with van der Waals surface area (Å²) < 4.78 is 6.06. The highest BCUT2D eigenvalue weighted by Gasteiger charge is 2.20. The van der Waals surface area contributed by atoms with Crippen LogP contribution in [0.15, 0.2) is 22.7 Å². The zero-order chi connectivity index (χ0) is 17.4. The van der Waals surface area contributed by atoms with Crippen LogP contribution in [0.1, 0.15) is 38.1 Å². The Morgan fingerprint density at radius 1 is 1.22 bits per heavy atom. The number of benzene rings is 1. The highest BCUT2D eigenvalue weighted by Crippen LogP contribution is 2.24. The summed E-state index contributed by atoms with van der Waals surface area (Å²) in [5.74, 6) is 1.18. The molecule has 0 unspecified atom stereocenters. The maximum atomic E-state index is 13.0. The third-order valence-electron chi connectivity index (χ3n) is 3.86. The van der Waals surface area contributed by atoms with Gasteiger partial charge in [-0.2, -0.15) is 0 Å². The molecule has 0 bridgehead atoms. The Kier molecular flexibility index (Phi) is 8.63. The SMILES string of the molecule is CCN(CC)CCN(CC(C)C)C(=O)c1cc(OC)ccc1Br. The number of amides is 1. The summed E-state index contributed by atoms with van der Waals surface area (Å²) in [7, 11) is 1.61. The van der Waals surface area contributed by atoms with Gasteiger partial charge in [-0.1, -0.05) is 27.7 Å². The molecule has 0 saturated heterocycles. The topological polar surface area (TPSA) is 32.8 Å². The van der Waals surface area contributed by atoms with Gasteiger partial charge >= 0.3 is 0 Å². The van der Waals surface area contributed by atoms with E-state index in [1.165, 1.54) is 0 Å². The normalized spacial score (nSPS) is 11.1. The molecule has 0 radical (unpaired) electrons. The second-order valence-corrected chi connectivity index (χ2v) is 6.87. The van der Waals surface area contributed by atoms with Gasteiger partial charge in [-0.15, -0.1) is 0 Å².